The van der Waals surface area contributed by atoms with Crippen LogP contribution in [-0.2, 0) is 4.79 Å². The van der Waals surface area contributed by atoms with Gasteiger partial charge in [-0.2, -0.15) is 0 Å². The SMILES string of the molecule is CCN(CC)CC(C)NC1(CC(=O)O)CNC1. The summed E-state index contributed by atoms with van der Waals surface area (Å²) in [7, 11) is 0. The summed E-state index contributed by atoms with van der Waals surface area (Å²) in [6, 6.07) is 0.316. The first-order valence-electron chi connectivity index (χ1n) is 6.44. The van der Waals surface area contributed by atoms with Gasteiger partial charge in [0.2, 0.25) is 0 Å². The Bertz CT molecular complexity index is 250. The number of carboxylic acid groups (broad SMARTS) is 1. The van der Waals surface area contributed by atoms with E-state index in [1.807, 2.05) is 0 Å². The van der Waals surface area contributed by atoms with Crippen LogP contribution in [0.2, 0.25) is 0 Å². The monoisotopic (exact) mass is 243 g/mol. The van der Waals surface area contributed by atoms with Gasteiger partial charge in [-0.05, 0) is 20.0 Å². The Kier molecular flexibility index (Phi) is 5.36. The molecule has 1 unspecified atom stereocenters. The maximum Gasteiger partial charge on any atom is 0.305 e. The van der Waals surface area contributed by atoms with Gasteiger partial charge in [-0.1, -0.05) is 13.8 Å². The second-order valence-corrected chi connectivity index (χ2v) is 4.99. The summed E-state index contributed by atoms with van der Waals surface area (Å²) in [6.45, 7) is 11.0. The average molecular weight is 243 g/mol. The van der Waals surface area contributed by atoms with Crippen molar-refractivity contribution in [3.8, 4) is 0 Å². The Balaban J connectivity index is 2.42. The summed E-state index contributed by atoms with van der Waals surface area (Å²) in [5.41, 5.74) is -0.238. The Morgan fingerprint density at radius 1 is 1.47 bits per heavy atom. The van der Waals surface area contributed by atoms with Crippen LogP contribution in [-0.4, -0.2) is 60.3 Å². The Labute approximate surface area is 104 Å². The maximum absolute atomic E-state index is 10.8. The third-order valence-electron chi connectivity index (χ3n) is 3.40. The number of hydrogen-bond donors (Lipinski definition) is 3. The van der Waals surface area contributed by atoms with Crippen molar-refractivity contribution in [3.05, 3.63) is 0 Å². The predicted molar refractivity (Wildman–Crippen MR) is 68.2 cm³/mol. The molecule has 0 amide bonds. The number of rotatable bonds is 8. The molecule has 1 aliphatic heterocycles. The summed E-state index contributed by atoms with van der Waals surface area (Å²) in [6.07, 6.45) is 0.197. The zero-order valence-electron chi connectivity index (χ0n) is 11.1. The maximum atomic E-state index is 10.8. The number of hydrogen-bond acceptors (Lipinski definition) is 4. The molecule has 17 heavy (non-hydrogen) atoms. The normalized spacial score (nSPS) is 20.0. The molecule has 1 saturated heterocycles. The van der Waals surface area contributed by atoms with Gasteiger partial charge in [0.05, 0.1) is 12.0 Å². The van der Waals surface area contributed by atoms with E-state index in [-0.39, 0.29) is 12.0 Å². The minimum atomic E-state index is -0.728. The molecule has 0 saturated carbocycles. The number of likely N-dealkylation sites (N-methyl/N-ethyl adjacent to an activating group) is 1. The van der Waals surface area contributed by atoms with E-state index in [0.29, 0.717) is 6.04 Å². The molecule has 100 valence electrons. The lowest BCUT2D eigenvalue weighted by Crippen LogP contribution is -2.70. The Morgan fingerprint density at radius 2 is 2.06 bits per heavy atom. The van der Waals surface area contributed by atoms with Gasteiger partial charge in [0, 0.05) is 25.7 Å². The van der Waals surface area contributed by atoms with Crippen LogP contribution < -0.4 is 10.6 Å². The molecule has 0 aromatic rings. The van der Waals surface area contributed by atoms with Crippen LogP contribution in [0.25, 0.3) is 0 Å². The summed E-state index contributed by atoms with van der Waals surface area (Å²) in [5, 5.41) is 15.6. The average Bonchev–Trinajstić information content (AvgIpc) is 2.22. The van der Waals surface area contributed by atoms with Crippen molar-refractivity contribution in [2.24, 2.45) is 0 Å². The number of nitrogens with zero attached hydrogens (tertiary/aromatic N) is 1. The molecule has 3 N–H and O–H groups in total. The second kappa shape index (κ2) is 6.33. The summed E-state index contributed by atoms with van der Waals surface area (Å²) in [4.78, 5) is 13.2. The highest BCUT2D eigenvalue weighted by Crippen LogP contribution is 2.17. The fourth-order valence-corrected chi connectivity index (χ4v) is 2.43. The zero-order chi connectivity index (χ0) is 12.9. The molecule has 0 radical (unpaired) electrons. The van der Waals surface area contributed by atoms with Crippen LogP contribution >= 0.6 is 0 Å². The van der Waals surface area contributed by atoms with E-state index in [4.69, 9.17) is 5.11 Å². The number of aliphatic carboxylic acids is 1. The van der Waals surface area contributed by atoms with E-state index in [0.717, 1.165) is 32.7 Å². The molecular weight excluding hydrogens is 218 g/mol. The van der Waals surface area contributed by atoms with Crippen LogP contribution in [0, 0.1) is 0 Å². The van der Waals surface area contributed by atoms with E-state index in [1.165, 1.54) is 0 Å². The van der Waals surface area contributed by atoms with Crippen LogP contribution in [0.4, 0.5) is 0 Å². The van der Waals surface area contributed by atoms with E-state index in [2.05, 4.69) is 36.3 Å². The van der Waals surface area contributed by atoms with Gasteiger partial charge >= 0.3 is 5.97 Å². The van der Waals surface area contributed by atoms with Crippen molar-refractivity contribution in [2.75, 3.05) is 32.7 Å². The molecule has 0 aromatic carbocycles. The summed E-state index contributed by atoms with van der Waals surface area (Å²) in [5.74, 6) is -0.728. The van der Waals surface area contributed by atoms with Gasteiger partial charge in [0.25, 0.3) is 0 Å². The highest BCUT2D eigenvalue weighted by molar-refractivity contribution is 5.68. The standard InChI is InChI=1S/C12H25N3O2/c1-4-15(5-2)7-10(3)14-12(6-11(16)17)8-13-9-12/h10,13-14H,4-9H2,1-3H3,(H,16,17). The highest BCUT2D eigenvalue weighted by atomic mass is 16.4. The third-order valence-corrected chi connectivity index (χ3v) is 3.40. The molecule has 0 spiro atoms. The van der Waals surface area contributed by atoms with Crippen molar-refractivity contribution in [2.45, 2.75) is 38.8 Å². The van der Waals surface area contributed by atoms with E-state index < -0.39 is 5.97 Å². The van der Waals surface area contributed by atoms with Crippen molar-refractivity contribution in [1.29, 1.82) is 0 Å². The molecule has 1 rings (SSSR count). The van der Waals surface area contributed by atoms with E-state index >= 15 is 0 Å². The quantitative estimate of drug-likeness (QED) is 0.565. The van der Waals surface area contributed by atoms with Crippen LogP contribution in [0.5, 0.6) is 0 Å². The molecule has 0 aliphatic carbocycles. The zero-order valence-corrected chi connectivity index (χ0v) is 11.1. The largest absolute Gasteiger partial charge is 0.481 e. The van der Waals surface area contributed by atoms with Gasteiger partial charge in [0.1, 0.15) is 0 Å². The van der Waals surface area contributed by atoms with Gasteiger partial charge < -0.3 is 20.6 Å². The molecule has 1 heterocycles. The molecule has 1 aliphatic rings. The van der Waals surface area contributed by atoms with E-state index in [9.17, 15) is 4.79 Å². The molecule has 0 bridgehead atoms. The van der Waals surface area contributed by atoms with Crippen molar-refractivity contribution < 1.29 is 9.90 Å². The van der Waals surface area contributed by atoms with E-state index in [1.54, 1.807) is 0 Å². The van der Waals surface area contributed by atoms with Crippen molar-refractivity contribution >= 4 is 5.97 Å². The van der Waals surface area contributed by atoms with Crippen molar-refractivity contribution in [3.63, 3.8) is 0 Å². The molecule has 5 heteroatoms. The van der Waals surface area contributed by atoms with Crippen LogP contribution in [0.3, 0.4) is 0 Å². The minimum absolute atomic E-state index is 0.197. The first-order chi connectivity index (χ1) is 8.01. The molecule has 0 aromatic heterocycles. The fourth-order valence-electron chi connectivity index (χ4n) is 2.43. The van der Waals surface area contributed by atoms with Gasteiger partial charge in [-0.3, -0.25) is 4.79 Å². The number of nitrogens with one attached hydrogen (secondary N) is 2. The summed E-state index contributed by atoms with van der Waals surface area (Å²) >= 11 is 0. The predicted octanol–water partition coefficient (Wildman–Crippen LogP) is 0.123. The molecule has 5 nitrogen and oxygen atoms in total. The molecule has 1 fully saturated rings. The lowest BCUT2D eigenvalue weighted by molar-refractivity contribution is -0.139. The van der Waals surface area contributed by atoms with Gasteiger partial charge in [-0.25, -0.2) is 0 Å². The Hall–Kier alpha value is -0.650. The minimum Gasteiger partial charge on any atom is -0.481 e. The highest BCUT2D eigenvalue weighted by Gasteiger charge is 2.39. The van der Waals surface area contributed by atoms with Gasteiger partial charge in [-0.15, -0.1) is 0 Å². The van der Waals surface area contributed by atoms with Crippen LogP contribution in [0.1, 0.15) is 27.2 Å². The second-order valence-electron chi connectivity index (χ2n) is 4.99. The number of carboxylic acids is 1. The van der Waals surface area contributed by atoms with Crippen LogP contribution in [0.15, 0.2) is 0 Å². The summed E-state index contributed by atoms with van der Waals surface area (Å²) < 4.78 is 0. The third kappa shape index (κ3) is 4.26. The van der Waals surface area contributed by atoms with Crippen molar-refractivity contribution in [1.82, 2.24) is 15.5 Å². The lowest BCUT2D eigenvalue weighted by Gasteiger charge is -2.45. The molecule has 1 atom stereocenters. The van der Waals surface area contributed by atoms with Gasteiger partial charge in [0.15, 0.2) is 0 Å². The number of carbonyl (C=O) groups is 1. The molecular formula is C12H25N3O2. The smallest absolute Gasteiger partial charge is 0.305 e. The first-order valence-corrected chi connectivity index (χ1v) is 6.44. The topological polar surface area (TPSA) is 64.6 Å². The lowest BCUT2D eigenvalue weighted by atomic mass is 9.87. The Morgan fingerprint density at radius 3 is 2.41 bits per heavy atom. The first kappa shape index (κ1) is 14.4. The fraction of sp³-hybridized carbons (Fsp3) is 0.917.